The Balaban J connectivity index is 1.34. The molecule has 0 radical (unpaired) electrons. The van der Waals surface area contributed by atoms with E-state index in [0.29, 0.717) is 0 Å². The molecule has 1 fully saturated rings. The average Bonchev–Trinajstić information content (AvgIpc) is 2.97. The lowest BCUT2D eigenvalue weighted by Gasteiger charge is -2.39. The Hall–Kier alpha value is -4.62. The lowest BCUT2D eigenvalue weighted by molar-refractivity contribution is -0.257. The fraction of sp³-hybridized carbons (Fsp3) is 0.387. The zero-order valence-corrected chi connectivity index (χ0v) is 24.3. The molecule has 0 saturated carbocycles. The van der Waals surface area contributed by atoms with E-state index in [1.54, 1.807) is 32.9 Å². The number of fused-ring (bicyclic) bond motifs is 4. The molecule has 0 bridgehead atoms. The van der Waals surface area contributed by atoms with Gasteiger partial charge >= 0.3 is 12.1 Å². The van der Waals surface area contributed by atoms with Gasteiger partial charge in [-0.2, -0.15) is 0 Å². The summed E-state index contributed by atoms with van der Waals surface area (Å²) in [6.45, 7) is 6.35. The number of aliphatic hydroxyl groups is 1. The molecule has 1 saturated heterocycles. The highest BCUT2D eigenvalue weighted by atomic mass is 19.1. The zero-order chi connectivity index (χ0) is 31.9. The smallest absolute Gasteiger partial charge is 0.407 e. The number of phenolic OH excluding ortho intramolecular Hbond substituents is 1. The Morgan fingerprint density at radius 2 is 1.73 bits per heavy atom. The third kappa shape index (κ3) is 5.80. The summed E-state index contributed by atoms with van der Waals surface area (Å²) in [6.07, 6.45) is -8.17. The van der Waals surface area contributed by atoms with Gasteiger partial charge in [0.1, 0.15) is 17.2 Å². The highest BCUT2D eigenvalue weighted by Gasteiger charge is 2.48. The van der Waals surface area contributed by atoms with Crippen LogP contribution in [0.5, 0.6) is 11.5 Å². The monoisotopic (exact) mass is 610 g/mol. The molecular formula is C31H31FN2O10. The van der Waals surface area contributed by atoms with E-state index in [1.165, 1.54) is 37.4 Å². The first-order valence-corrected chi connectivity index (χ1v) is 13.9. The average molecular weight is 611 g/mol. The molecule has 1 aliphatic heterocycles. The largest absolute Gasteiger partial charge is 0.504 e. The third-order valence-corrected chi connectivity index (χ3v) is 7.10. The van der Waals surface area contributed by atoms with Crippen LogP contribution >= 0.6 is 0 Å². The highest BCUT2D eigenvalue weighted by molar-refractivity contribution is 6.33. The number of pyridine rings is 1. The van der Waals surface area contributed by atoms with Crippen molar-refractivity contribution in [3.63, 3.8) is 0 Å². The van der Waals surface area contributed by atoms with Gasteiger partial charge in [-0.3, -0.25) is 19.4 Å². The molecule has 232 valence electrons. The molecule has 44 heavy (non-hydrogen) atoms. The summed E-state index contributed by atoms with van der Waals surface area (Å²) in [4.78, 5) is 55.2. The molecule has 1 aliphatic carbocycles. The van der Waals surface area contributed by atoms with E-state index in [1.807, 2.05) is 0 Å². The number of ketones is 2. The van der Waals surface area contributed by atoms with Crippen molar-refractivity contribution < 1.29 is 52.7 Å². The third-order valence-electron chi connectivity index (χ3n) is 7.10. The molecule has 2 aromatic carbocycles. The summed E-state index contributed by atoms with van der Waals surface area (Å²) >= 11 is 0. The number of aromatic nitrogens is 1. The number of aliphatic hydroxyl groups excluding tert-OH is 1. The van der Waals surface area contributed by atoms with Gasteiger partial charge in [-0.1, -0.05) is 30.3 Å². The van der Waals surface area contributed by atoms with Crippen molar-refractivity contribution in [2.75, 3.05) is 6.54 Å². The standard InChI is InChI=1S/C31H31FN2O10/c1-14-27(42-18(35)11-13-34-30(40)44-31(2,3)4)26(39)21(32)29(41-14)43-28-22-17(10-7-12-33-22)19-20(25(28)38)24(37)16-9-6-5-8-15(16)23(19)36/h5-10,12,14,21,26-27,29,38-39H,11,13H2,1-4H3,(H,34,40)/t14-,21+,26-,27+,29-/m0/s1. The molecule has 2 aliphatic rings. The molecule has 5 atom stereocenters. The van der Waals surface area contributed by atoms with Crippen molar-refractivity contribution in [3.8, 4) is 11.5 Å². The van der Waals surface area contributed by atoms with Crippen molar-refractivity contribution >= 4 is 34.5 Å². The predicted octanol–water partition coefficient (Wildman–Crippen LogP) is 3.37. The molecule has 1 aromatic heterocycles. The first kappa shape index (κ1) is 30.8. The quantitative estimate of drug-likeness (QED) is 0.274. The van der Waals surface area contributed by atoms with E-state index in [-0.39, 0.29) is 46.1 Å². The molecule has 12 nitrogen and oxygen atoms in total. The fourth-order valence-corrected chi connectivity index (χ4v) is 5.13. The second-order valence-electron chi connectivity index (χ2n) is 11.4. The van der Waals surface area contributed by atoms with Crippen LogP contribution in [-0.4, -0.2) is 81.7 Å². The van der Waals surface area contributed by atoms with Crippen LogP contribution in [0.2, 0.25) is 0 Å². The van der Waals surface area contributed by atoms with Crippen molar-refractivity contribution in [3.05, 3.63) is 64.8 Å². The number of hydrogen-bond acceptors (Lipinski definition) is 11. The number of halogens is 1. The van der Waals surface area contributed by atoms with Crippen LogP contribution in [0.1, 0.15) is 66.0 Å². The minimum Gasteiger partial charge on any atom is -0.504 e. The second-order valence-corrected chi connectivity index (χ2v) is 11.4. The van der Waals surface area contributed by atoms with Crippen LogP contribution in [0.4, 0.5) is 9.18 Å². The molecule has 3 aromatic rings. The molecule has 2 heterocycles. The van der Waals surface area contributed by atoms with E-state index in [2.05, 4.69) is 10.3 Å². The maximum atomic E-state index is 15.5. The Labute approximate surface area is 251 Å². The van der Waals surface area contributed by atoms with E-state index in [9.17, 15) is 29.4 Å². The SMILES string of the molecule is C[C@@H]1O[C@@H](Oc2c(O)c3c(c4cccnc24)C(=O)c2ccccc2C3=O)[C@H](F)[C@H](O)[C@@H]1OC(=O)CCNC(=O)OC(C)(C)C. The van der Waals surface area contributed by atoms with Gasteiger partial charge < -0.3 is 34.5 Å². The number of alkyl halides is 1. The van der Waals surface area contributed by atoms with Crippen molar-refractivity contribution in [2.24, 2.45) is 0 Å². The lowest BCUT2D eigenvalue weighted by Crippen LogP contribution is -2.58. The maximum absolute atomic E-state index is 15.5. The number of amides is 1. The maximum Gasteiger partial charge on any atom is 0.407 e. The fourth-order valence-electron chi connectivity index (χ4n) is 5.13. The summed E-state index contributed by atoms with van der Waals surface area (Å²) in [7, 11) is 0. The number of alkyl carbamates (subject to hydrolysis) is 1. The van der Waals surface area contributed by atoms with Crippen LogP contribution in [-0.2, 0) is 19.0 Å². The van der Waals surface area contributed by atoms with Crippen LogP contribution in [0.15, 0.2) is 42.6 Å². The minimum absolute atomic E-state index is 0.0340. The van der Waals surface area contributed by atoms with Gasteiger partial charge in [-0.25, -0.2) is 9.18 Å². The number of rotatable bonds is 6. The lowest BCUT2D eigenvalue weighted by atomic mass is 9.81. The molecule has 13 heteroatoms. The normalized spacial score (nSPS) is 23.0. The minimum atomic E-state index is -2.28. The number of ether oxygens (including phenoxy) is 4. The van der Waals surface area contributed by atoms with Crippen molar-refractivity contribution in [2.45, 2.75) is 70.5 Å². The second kappa shape index (κ2) is 11.8. The summed E-state index contributed by atoms with van der Waals surface area (Å²) in [6, 6.07) is 9.22. The number of phenols is 1. The molecule has 3 N–H and O–H groups in total. The topological polar surface area (TPSA) is 171 Å². The number of aromatic hydroxyl groups is 1. The number of esters is 1. The number of benzene rings is 2. The Kier molecular flexibility index (Phi) is 8.28. The van der Waals surface area contributed by atoms with Gasteiger partial charge in [0, 0.05) is 34.8 Å². The van der Waals surface area contributed by atoms with Gasteiger partial charge in [0.2, 0.25) is 6.29 Å². The van der Waals surface area contributed by atoms with Crippen LogP contribution in [0, 0.1) is 0 Å². The summed E-state index contributed by atoms with van der Waals surface area (Å²) < 4.78 is 37.2. The molecule has 5 rings (SSSR count). The van der Waals surface area contributed by atoms with Gasteiger partial charge in [-0.15, -0.1) is 0 Å². The summed E-state index contributed by atoms with van der Waals surface area (Å²) in [5.41, 5.74) is -0.897. The molecule has 0 spiro atoms. The number of hydrogen-bond donors (Lipinski definition) is 3. The van der Waals surface area contributed by atoms with E-state index >= 15 is 4.39 Å². The number of nitrogens with zero attached hydrogens (tertiary/aromatic N) is 1. The van der Waals surface area contributed by atoms with Crippen LogP contribution in [0.25, 0.3) is 10.9 Å². The molecular weight excluding hydrogens is 579 g/mol. The zero-order valence-electron chi connectivity index (χ0n) is 24.3. The van der Waals surface area contributed by atoms with E-state index in [0.717, 1.165) is 0 Å². The first-order valence-electron chi connectivity index (χ1n) is 13.9. The number of carbonyl (C=O) groups is 4. The summed E-state index contributed by atoms with van der Waals surface area (Å²) in [5.74, 6) is -3.12. The van der Waals surface area contributed by atoms with Gasteiger partial charge in [0.05, 0.1) is 18.1 Å². The predicted molar refractivity (Wildman–Crippen MR) is 151 cm³/mol. The van der Waals surface area contributed by atoms with Gasteiger partial charge in [-0.05, 0) is 33.8 Å². The van der Waals surface area contributed by atoms with Crippen molar-refractivity contribution in [1.82, 2.24) is 10.3 Å². The first-order chi connectivity index (χ1) is 20.8. The van der Waals surface area contributed by atoms with E-state index in [4.69, 9.17) is 18.9 Å². The molecule has 0 unspecified atom stereocenters. The van der Waals surface area contributed by atoms with E-state index < -0.39 is 71.5 Å². The Morgan fingerprint density at radius 3 is 2.39 bits per heavy atom. The van der Waals surface area contributed by atoms with Crippen LogP contribution in [0.3, 0.4) is 0 Å². The Bertz CT molecular complexity index is 1650. The Morgan fingerprint density at radius 1 is 1.07 bits per heavy atom. The number of nitrogens with one attached hydrogen (secondary N) is 1. The highest BCUT2D eigenvalue weighted by Crippen LogP contribution is 2.45. The van der Waals surface area contributed by atoms with Crippen LogP contribution < -0.4 is 10.1 Å². The molecule has 1 amide bonds. The van der Waals surface area contributed by atoms with Gasteiger partial charge in [0.15, 0.2) is 35.3 Å². The van der Waals surface area contributed by atoms with Gasteiger partial charge in [0.25, 0.3) is 0 Å². The van der Waals surface area contributed by atoms with Crippen molar-refractivity contribution in [1.29, 1.82) is 0 Å². The summed E-state index contributed by atoms with van der Waals surface area (Å²) in [5, 5.41) is 24.6. The number of carbonyl (C=O) groups excluding carboxylic acids is 4.